The van der Waals surface area contributed by atoms with Gasteiger partial charge in [0.2, 0.25) is 0 Å². The van der Waals surface area contributed by atoms with E-state index < -0.39 is 12.9 Å². The molecule has 1 atom stereocenters. The molecule has 1 unspecified atom stereocenters. The van der Waals surface area contributed by atoms with Gasteiger partial charge in [-0.05, 0) is 43.7 Å². The van der Waals surface area contributed by atoms with Crippen LogP contribution in [-0.2, 0) is 0 Å². The highest BCUT2D eigenvalue weighted by atomic mass is 31.2. The van der Waals surface area contributed by atoms with E-state index in [1.807, 2.05) is 80.6 Å². The van der Waals surface area contributed by atoms with Crippen LogP contribution in [0.2, 0.25) is 0 Å². The summed E-state index contributed by atoms with van der Waals surface area (Å²) in [5, 5.41) is 25.0. The van der Waals surface area contributed by atoms with Crippen molar-refractivity contribution in [1.29, 1.82) is 0 Å². The lowest BCUT2D eigenvalue weighted by Crippen LogP contribution is -2.37. The van der Waals surface area contributed by atoms with Crippen molar-refractivity contribution < 1.29 is 10.2 Å². The van der Waals surface area contributed by atoms with E-state index in [1.54, 1.807) is 0 Å². The van der Waals surface area contributed by atoms with E-state index in [2.05, 4.69) is 60.7 Å². The third-order valence-electron chi connectivity index (χ3n) is 6.07. The first-order valence-corrected chi connectivity index (χ1v) is 13.7. The Kier molecular flexibility index (Phi) is 7.32. The molecule has 0 heterocycles. The van der Waals surface area contributed by atoms with Crippen molar-refractivity contribution in [2.45, 2.75) is 25.1 Å². The number of hydrogen-bond donors (Lipinski definition) is 2. The molecule has 4 rings (SSSR count). The Hall–Kier alpha value is -3.19. The van der Waals surface area contributed by atoms with E-state index >= 15 is 0 Å². The fraction of sp³-hybridized carbons (Fsp3) is 0.161. The number of allylic oxidation sites excluding steroid dienone is 1. The second kappa shape index (κ2) is 10.4. The molecule has 0 fully saturated rings. The molecule has 0 radical (unpaired) electrons. The molecule has 0 spiro atoms. The number of aliphatic hydroxyl groups is 2. The van der Waals surface area contributed by atoms with Crippen LogP contribution in [0.4, 0.5) is 0 Å². The topological polar surface area (TPSA) is 40.5 Å². The minimum Gasteiger partial charge on any atom is -0.507 e. The highest BCUT2D eigenvalue weighted by Gasteiger charge is 2.53. The molecule has 34 heavy (non-hydrogen) atoms. The van der Waals surface area contributed by atoms with Gasteiger partial charge in [0.15, 0.2) is 0 Å². The summed E-state index contributed by atoms with van der Waals surface area (Å²) < 4.78 is 0. The van der Waals surface area contributed by atoms with Gasteiger partial charge in [-0.25, -0.2) is 0 Å². The zero-order valence-corrected chi connectivity index (χ0v) is 20.6. The Morgan fingerprint density at radius 2 is 1.12 bits per heavy atom. The molecule has 0 aliphatic carbocycles. The predicted molar refractivity (Wildman–Crippen MR) is 146 cm³/mol. The van der Waals surface area contributed by atoms with Crippen molar-refractivity contribution in [3.8, 4) is 0 Å². The third kappa shape index (κ3) is 5.30. The van der Waals surface area contributed by atoms with Crippen molar-refractivity contribution in [1.82, 2.24) is 0 Å². The van der Waals surface area contributed by atoms with Gasteiger partial charge in [0, 0.05) is 11.6 Å². The fourth-order valence-electron chi connectivity index (χ4n) is 4.73. The van der Waals surface area contributed by atoms with Crippen LogP contribution in [0.1, 0.15) is 30.6 Å². The molecule has 0 aliphatic heterocycles. The minimum absolute atomic E-state index is 0.134. The molecule has 4 aromatic carbocycles. The molecule has 0 saturated heterocycles. The van der Waals surface area contributed by atoms with Crippen LogP contribution in [0.25, 0.3) is 5.76 Å². The van der Waals surface area contributed by atoms with Gasteiger partial charge in [-0.1, -0.05) is 97.1 Å². The van der Waals surface area contributed by atoms with Crippen LogP contribution in [0.15, 0.2) is 127 Å². The molecule has 172 valence electrons. The molecule has 2 N–H and O–H groups in total. The standard InChI is InChI=1S/C31H31O2P/c1-31(2,33)24-34(27-19-11-5-12-20-27,28-21-13-6-14-22-28)30(26-17-9-4-10-18-26)23-29(32)25-15-7-3-8-16-25/h3-23,30,33H,24H2,1-2H3/p+1/b29-23-. The first-order valence-electron chi connectivity index (χ1n) is 11.6. The second-order valence-electron chi connectivity index (χ2n) is 9.28. The van der Waals surface area contributed by atoms with E-state index in [0.29, 0.717) is 6.16 Å². The van der Waals surface area contributed by atoms with Crippen LogP contribution in [-0.4, -0.2) is 22.0 Å². The van der Waals surface area contributed by atoms with E-state index in [4.69, 9.17) is 0 Å². The Bertz CT molecular complexity index is 1160. The maximum absolute atomic E-state index is 11.3. The lowest BCUT2D eigenvalue weighted by atomic mass is 10.1. The summed E-state index contributed by atoms with van der Waals surface area (Å²) >= 11 is 0. The normalized spacial score (nSPS) is 13.4. The van der Waals surface area contributed by atoms with Crippen molar-refractivity contribution in [3.05, 3.63) is 139 Å². The zero-order chi connectivity index (χ0) is 24.0. The number of hydrogen-bond acceptors (Lipinski definition) is 2. The number of rotatable bonds is 8. The van der Waals surface area contributed by atoms with Gasteiger partial charge in [0.1, 0.15) is 22.0 Å². The summed E-state index contributed by atoms with van der Waals surface area (Å²) in [4.78, 5) is 0. The smallest absolute Gasteiger partial charge is 0.126 e. The molecular weight excluding hydrogens is 435 g/mol. The maximum Gasteiger partial charge on any atom is 0.126 e. The van der Waals surface area contributed by atoms with Gasteiger partial charge < -0.3 is 10.2 Å². The molecule has 4 aromatic rings. The molecule has 2 nitrogen and oxygen atoms in total. The van der Waals surface area contributed by atoms with Gasteiger partial charge in [0.05, 0.1) is 19.0 Å². The van der Waals surface area contributed by atoms with E-state index in [1.165, 1.54) is 10.6 Å². The Labute approximate surface area is 203 Å². The summed E-state index contributed by atoms with van der Waals surface area (Å²) in [6, 6.07) is 41.1. The Morgan fingerprint density at radius 3 is 1.56 bits per heavy atom. The lowest BCUT2D eigenvalue weighted by molar-refractivity contribution is 0.105. The lowest BCUT2D eigenvalue weighted by Gasteiger charge is -2.37. The van der Waals surface area contributed by atoms with Gasteiger partial charge in [-0.2, -0.15) is 0 Å². The van der Waals surface area contributed by atoms with Crippen molar-refractivity contribution in [2.24, 2.45) is 0 Å². The number of benzene rings is 4. The van der Waals surface area contributed by atoms with E-state index in [-0.39, 0.29) is 11.4 Å². The summed E-state index contributed by atoms with van der Waals surface area (Å²) in [7, 11) is -2.32. The van der Waals surface area contributed by atoms with E-state index in [0.717, 1.165) is 11.1 Å². The van der Waals surface area contributed by atoms with Crippen LogP contribution in [0, 0.1) is 0 Å². The molecule has 0 bridgehead atoms. The van der Waals surface area contributed by atoms with Gasteiger partial charge in [-0.3, -0.25) is 0 Å². The molecule has 0 saturated carbocycles. The predicted octanol–water partition coefficient (Wildman–Crippen LogP) is 6.77. The minimum atomic E-state index is -2.32. The SMILES string of the molecule is CC(C)(O)C[P+](c1ccccc1)(c1ccccc1)C(/C=C(\O)c1ccccc1)c1ccccc1. The fourth-order valence-corrected chi connectivity index (χ4v) is 9.94. The average molecular weight is 468 g/mol. The summed E-state index contributed by atoms with van der Waals surface area (Å²) in [6.45, 7) is 3.77. The molecule has 3 heteroatoms. The summed E-state index contributed by atoms with van der Waals surface area (Å²) in [5.41, 5.74) is 0.856. The molecule has 0 amide bonds. The Morgan fingerprint density at radius 1 is 0.706 bits per heavy atom. The highest BCUT2D eigenvalue weighted by molar-refractivity contribution is 7.90. The third-order valence-corrected chi connectivity index (χ3v) is 11.2. The van der Waals surface area contributed by atoms with Gasteiger partial charge in [0.25, 0.3) is 0 Å². The highest BCUT2D eigenvalue weighted by Crippen LogP contribution is 2.69. The van der Waals surface area contributed by atoms with Crippen molar-refractivity contribution >= 4 is 23.6 Å². The first-order chi connectivity index (χ1) is 16.4. The maximum atomic E-state index is 11.3. The molecule has 0 aromatic heterocycles. The van der Waals surface area contributed by atoms with Gasteiger partial charge >= 0.3 is 0 Å². The zero-order valence-electron chi connectivity index (χ0n) is 19.8. The molecule has 0 aliphatic rings. The van der Waals surface area contributed by atoms with Crippen LogP contribution >= 0.6 is 7.26 Å². The van der Waals surface area contributed by atoms with Crippen LogP contribution in [0.5, 0.6) is 0 Å². The summed E-state index contributed by atoms with van der Waals surface area (Å²) in [5.74, 6) is 0.251. The largest absolute Gasteiger partial charge is 0.507 e. The second-order valence-corrected chi connectivity index (χ2v) is 12.9. The first kappa shape index (κ1) is 24.0. The molecular formula is C31H32O2P+. The van der Waals surface area contributed by atoms with E-state index in [9.17, 15) is 10.2 Å². The van der Waals surface area contributed by atoms with Crippen LogP contribution < -0.4 is 10.6 Å². The number of aliphatic hydroxyl groups excluding tert-OH is 1. The monoisotopic (exact) mass is 467 g/mol. The van der Waals surface area contributed by atoms with Gasteiger partial charge in [-0.15, -0.1) is 0 Å². The van der Waals surface area contributed by atoms with Crippen LogP contribution in [0.3, 0.4) is 0 Å². The Balaban J connectivity index is 2.06. The quantitative estimate of drug-likeness (QED) is 0.222. The summed E-state index contributed by atoms with van der Waals surface area (Å²) in [6.07, 6.45) is 2.58. The van der Waals surface area contributed by atoms with Crippen molar-refractivity contribution in [3.63, 3.8) is 0 Å². The van der Waals surface area contributed by atoms with Crippen molar-refractivity contribution in [2.75, 3.05) is 6.16 Å². The average Bonchev–Trinajstić information content (AvgIpc) is 2.87.